The van der Waals surface area contributed by atoms with Gasteiger partial charge in [-0.25, -0.2) is 4.79 Å². The van der Waals surface area contributed by atoms with Gasteiger partial charge in [-0.1, -0.05) is 41.4 Å². The van der Waals surface area contributed by atoms with Crippen LogP contribution in [0.1, 0.15) is 27.1 Å². The molecule has 2 rings (SSSR count). The fourth-order valence-corrected chi connectivity index (χ4v) is 2.30. The number of hydrogen-bond acceptors (Lipinski definition) is 3. The molecule has 0 bridgehead atoms. The average molecular weight is 366 g/mol. The summed E-state index contributed by atoms with van der Waals surface area (Å²) >= 11 is 11.6. The molecule has 0 saturated carbocycles. The number of halogens is 2. The summed E-state index contributed by atoms with van der Waals surface area (Å²) in [5.41, 5.74) is 0.537. The molecular formula is C17H13Cl2NO4. The number of carbonyl (C=O) groups excluding carboxylic acids is 2. The maximum atomic E-state index is 12.2. The van der Waals surface area contributed by atoms with Gasteiger partial charge in [0, 0.05) is 17.5 Å². The third kappa shape index (κ3) is 4.57. The molecule has 0 fully saturated rings. The van der Waals surface area contributed by atoms with E-state index in [4.69, 9.17) is 23.2 Å². The number of rotatable bonds is 6. The molecule has 0 radical (unpaired) electrons. The number of nitrogens with one attached hydrogen (secondary N) is 1. The molecule has 7 heteroatoms. The van der Waals surface area contributed by atoms with Crippen molar-refractivity contribution in [3.05, 3.63) is 69.7 Å². The molecule has 2 aromatic carbocycles. The van der Waals surface area contributed by atoms with E-state index in [9.17, 15) is 19.5 Å². The number of carbonyl (C=O) groups is 3. The lowest BCUT2D eigenvalue weighted by Gasteiger charge is -2.14. The Morgan fingerprint density at radius 2 is 1.62 bits per heavy atom. The summed E-state index contributed by atoms with van der Waals surface area (Å²) in [4.78, 5) is 35.6. The zero-order valence-corrected chi connectivity index (χ0v) is 13.8. The van der Waals surface area contributed by atoms with Gasteiger partial charge in [0.25, 0.3) is 5.91 Å². The van der Waals surface area contributed by atoms with Gasteiger partial charge in [-0.05, 0) is 30.3 Å². The Morgan fingerprint density at radius 1 is 0.958 bits per heavy atom. The molecule has 0 aliphatic rings. The number of hydrogen-bond donors (Lipinski definition) is 2. The van der Waals surface area contributed by atoms with Gasteiger partial charge in [-0.3, -0.25) is 9.59 Å². The van der Waals surface area contributed by atoms with Crippen LogP contribution in [0.4, 0.5) is 0 Å². The van der Waals surface area contributed by atoms with Crippen LogP contribution < -0.4 is 5.32 Å². The van der Waals surface area contributed by atoms with Gasteiger partial charge in [0.05, 0.1) is 10.0 Å². The second-order valence-electron chi connectivity index (χ2n) is 4.99. The Morgan fingerprint density at radius 3 is 2.21 bits per heavy atom. The second-order valence-corrected chi connectivity index (χ2v) is 5.80. The van der Waals surface area contributed by atoms with E-state index >= 15 is 0 Å². The molecule has 0 aliphatic heterocycles. The molecule has 0 aliphatic carbocycles. The summed E-state index contributed by atoms with van der Waals surface area (Å²) in [5, 5.41) is 12.1. The molecule has 0 saturated heterocycles. The summed E-state index contributed by atoms with van der Waals surface area (Å²) in [5.74, 6) is -2.33. The van der Waals surface area contributed by atoms with Crippen molar-refractivity contribution in [2.45, 2.75) is 12.5 Å². The van der Waals surface area contributed by atoms with Crippen LogP contribution in [0.3, 0.4) is 0 Å². The van der Waals surface area contributed by atoms with Crippen molar-refractivity contribution in [3.63, 3.8) is 0 Å². The Hall–Kier alpha value is -2.37. The smallest absolute Gasteiger partial charge is 0.326 e. The van der Waals surface area contributed by atoms with Crippen LogP contribution in [0.2, 0.25) is 10.0 Å². The first-order valence-corrected chi connectivity index (χ1v) is 7.71. The lowest BCUT2D eigenvalue weighted by molar-refractivity contribution is -0.139. The topological polar surface area (TPSA) is 83.5 Å². The largest absolute Gasteiger partial charge is 0.480 e. The number of benzene rings is 2. The van der Waals surface area contributed by atoms with Crippen molar-refractivity contribution in [2.75, 3.05) is 0 Å². The highest BCUT2D eigenvalue weighted by Gasteiger charge is 2.24. The fraction of sp³-hybridized carbons (Fsp3) is 0.118. The third-order valence-corrected chi connectivity index (χ3v) is 4.01. The summed E-state index contributed by atoms with van der Waals surface area (Å²) < 4.78 is 0. The molecule has 1 amide bonds. The fourth-order valence-electron chi connectivity index (χ4n) is 2.00. The molecule has 0 heterocycles. The summed E-state index contributed by atoms with van der Waals surface area (Å²) in [6.07, 6.45) is -0.397. The molecule has 0 aromatic heterocycles. The van der Waals surface area contributed by atoms with Crippen molar-refractivity contribution < 1.29 is 19.5 Å². The first-order chi connectivity index (χ1) is 11.4. The quantitative estimate of drug-likeness (QED) is 0.767. The molecule has 124 valence electrons. The molecule has 2 aromatic rings. The standard InChI is InChI=1S/C17H13Cl2NO4/c18-12-7-6-11(8-13(12)19)15(21)9-14(17(23)24)20-16(22)10-4-2-1-3-5-10/h1-8,14H,9H2,(H,20,22)(H,23,24). The number of amides is 1. The van der Waals surface area contributed by atoms with E-state index in [1.165, 1.54) is 18.2 Å². The highest BCUT2D eigenvalue weighted by Crippen LogP contribution is 2.23. The van der Waals surface area contributed by atoms with Crippen LogP contribution in [-0.2, 0) is 4.79 Å². The molecule has 2 N–H and O–H groups in total. The summed E-state index contributed by atoms with van der Waals surface area (Å²) in [6.45, 7) is 0. The summed E-state index contributed by atoms with van der Waals surface area (Å²) in [7, 11) is 0. The van der Waals surface area contributed by atoms with Crippen molar-refractivity contribution in [1.82, 2.24) is 5.32 Å². The Balaban J connectivity index is 2.10. The Kier molecular flexibility index (Phi) is 5.95. The number of ketones is 1. The van der Waals surface area contributed by atoms with Gasteiger partial charge in [-0.15, -0.1) is 0 Å². The highest BCUT2D eigenvalue weighted by atomic mass is 35.5. The molecule has 1 unspecified atom stereocenters. The maximum Gasteiger partial charge on any atom is 0.326 e. The van der Waals surface area contributed by atoms with E-state index in [1.807, 2.05) is 0 Å². The van der Waals surface area contributed by atoms with Crippen molar-refractivity contribution in [3.8, 4) is 0 Å². The van der Waals surface area contributed by atoms with Crippen LogP contribution >= 0.6 is 23.2 Å². The average Bonchev–Trinajstić information content (AvgIpc) is 2.57. The van der Waals surface area contributed by atoms with Crippen LogP contribution in [0.5, 0.6) is 0 Å². The van der Waals surface area contributed by atoms with Gasteiger partial charge in [-0.2, -0.15) is 0 Å². The van der Waals surface area contributed by atoms with E-state index in [0.717, 1.165) is 0 Å². The zero-order chi connectivity index (χ0) is 17.7. The van der Waals surface area contributed by atoms with E-state index in [2.05, 4.69) is 5.32 Å². The minimum atomic E-state index is -1.35. The number of aliphatic carboxylic acids is 1. The van der Waals surface area contributed by atoms with Crippen molar-refractivity contribution in [2.24, 2.45) is 0 Å². The number of Topliss-reactive ketones (excluding diaryl/α,β-unsaturated/α-hetero) is 1. The van der Waals surface area contributed by atoms with Gasteiger partial charge < -0.3 is 10.4 Å². The minimum Gasteiger partial charge on any atom is -0.480 e. The first kappa shape index (κ1) is 18.0. The van der Waals surface area contributed by atoms with Gasteiger partial charge >= 0.3 is 5.97 Å². The third-order valence-electron chi connectivity index (χ3n) is 3.27. The van der Waals surface area contributed by atoms with E-state index in [1.54, 1.807) is 30.3 Å². The van der Waals surface area contributed by atoms with E-state index < -0.39 is 30.1 Å². The number of carboxylic acids is 1. The predicted molar refractivity (Wildman–Crippen MR) is 90.7 cm³/mol. The minimum absolute atomic E-state index is 0.197. The van der Waals surface area contributed by atoms with Gasteiger partial charge in [0.1, 0.15) is 6.04 Å². The zero-order valence-electron chi connectivity index (χ0n) is 12.3. The van der Waals surface area contributed by atoms with Crippen molar-refractivity contribution >= 4 is 40.9 Å². The second kappa shape index (κ2) is 7.95. The predicted octanol–water partition coefficient (Wildman–Crippen LogP) is 3.45. The molecular weight excluding hydrogens is 353 g/mol. The first-order valence-electron chi connectivity index (χ1n) is 6.95. The van der Waals surface area contributed by atoms with Crippen LogP contribution in [0.15, 0.2) is 48.5 Å². The van der Waals surface area contributed by atoms with Crippen LogP contribution in [0.25, 0.3) is 0 Å². The lowest BCUT2D eigenvalue weighted by atomic mass is 10.0. The SMILES string of the molecule is O=C(CC(NC(=O)c1ccccc1)C(=O)O)c1ccc(Cl)c(Cl)c1. The van der Waals surface area contributed by atoms with E-state index in [0.29, 0.717) is 10.6 Å². The molecule has 1 atom stereocenters. The van der Waals surface area contributed by atoms with Crippen LogP contribution in [0, 0.1) is 0 Å². The monoisotopic (exact) mass is 365 g/mol. The van der Waals surface area contributed by atoms with E-state index in [-0.39, 0.29) is 10.6 Å². The van der Waals surface area contributed by atoms with Gasteiger partial charge in [0.2, 0.25) is 0 Å². The molecule has 5 nitrogen and oxygen atoms in total. The number of carboxylic acid groups (broad SMARTS) is 1. The Labute approximate surface area is 148 Å². The molecule has 24 heavy (non-hydrogen) atoms. The summed E-state index contributed by atoms with van der Waals surface area (Å²) in [6, 6.07) is 11.1. The normalized spacial score (nSPS) is 11.6. The maximum absolute atomic E-state index is 12.2. The Bertz CT molecular complexity index is 777. The lowest BCUT2D eigenvalue weighted by Crippen LogP contribution is -2.42. The van der Waals surface area contributed by atoms with Gasteiger partial charge in [0.15, 0.2) is 5.78 Å². The van der Waals surface area contributed by atoms with Crippen LogP contribution in [-0.4, -0.2) is 28.8 Å². The highest BCUT2D eigenvalue weighted by molar-refractivity contribution is 6.42. The van der Waals surface area contributed by atoms with Crippen molar-refractivity contribution in [1.29, 1.82) is 0 Å². The molecule has 0 spiro atoms.